The number of hydrogen-bond donors (Lipinski definition) is 0. The van der Waals surface area contributed by atoms with Crippen molar-refractivity contribution in [1.82, 2.24) is 4.90 Å². The lowest BCUT2D eigenvalue weighted by Crippen LogP contribution is -2.54. The second-order valence-electron chi connectivity index (χ2n) is 6.67. The van der Waals surface area contributed by atoms with Crippen LogP contribution in [0.25, 0.3) is 0 Å². The molecule has 0 amide bonds. The van der Waals surface area contributed by atoms with E-state index in [9.17, 15) is 0 Å². The van der Waals surface area contributed by atoms with Crippen molar-refractivity contribution in [2.75, 3.05) is 19.8 Å². The van der Waals surface area contributed by atoms with Crippen LogP contribution in [-0.4, -0.2) is 36.2 Å². The second-order valence-corrected chi connectivity index (χ2v) is 6.67. The van der Waals surface area contributed by atoms with Gasteiger partial charge in [-0.15, -0.1) is 0 Å². The summed E-state index contributed by atoms with van der Waals surface area (Å²) in [6.45, 7) is 16.8. The Morgan fingerprint density at radius 2 is 1.67 bits per heavy atom. The van der Waals surface area contributed by atoms with Gasteiger partial charge in [0.05, 0.1) is 6.61 Å². The van der Waals surface area contributed by atoms with E-state index in [-0.39, 0.29) is 11.0 Å². The second kappa shape index (κ2) is 4.42. The van der Waals surface area contributed by atoms with Crippen molar-refractivity contribution >= 4 is 0 Å². The van der Waals surface area contributed by atoms with Crippen LogP contribution < -0.4 is 0 Å². The van der Waals surface area contributed by atoms with Crippen LogP contribution in [0.5, 0.6) is 0 Å². The highest BCUT2D eigenvalue weighted by Gasteiger charge is 2.37. The van der Waals surface area contributed by atoms with Gasteiger partial charge in [0, 0.05) is 24.7 Å². The Hall–Kier alpha value is -0.0800. The SMILES string of the molecule is CC(C)(C)C1COCCCN1C(C)(C)C. The van der Waals surface area contributed by atoms with Crippen molar-refractivity contribution < 1.29 is 4.74 Å². The van der Waals surface area contributed by atoms with Crippen LogP contribution in [0.2, 0.25) is 0 Å². The first-order chi connectivity index (χ1) is 6.73. The molecule has 1 atom stereocenters. The van der Waals surface area contributed by atoms with Crippen LogP contribution >= 0.6 is 0 Å². The molecule has 2 nitrogen and oxygen atoms in total. The number of ether oxygens (including phenoxy) is 1. The van der Waals surface area contributed by atoms with Crippen molar-refractivity contribution in [3.05, 3.63) is 0 Å². The maximum absolute atomic E-state index is 5.72. The van der Waals surface area contributed by atoms with Crippen LogP contribution in [0.4, 0.5) is 0 Å². The van der Waals surface area contributed by atoms with E-state index in [4.69, 9.17) is 4.74 Å². The molecular formula is C13H27NO. The predicted octanol–water partition coefficient (Wildman–Crippen LogP) is 2.92. The van der Waals surface area contributed by atoms with Gasteiger partial charge in [-0.25, -0.2) is 0 Å². The summed E-state index contributed by atoms with van der Waals surface area (Å²) >= 11 is 0. The fourth-order valence-corrected chi connectivity index (χ4v) is 2.30. The molecule has 0 N–H and O–H groups in total. The first-order valence-electron chi connectivity index (χ1n) is 6.07. The number of nitrogens with zero attached hydrogens (tertiary/aromatic N) is 1. The van der Waals surface area contributed by atoms with Gasteiger partial charge >= 0.3 is 0 Å². The van der Waals surface area contributed by atoms with Gasteiger partial charge in [0.2, 0.25) is 0 Å². The van der Waals surface area contributed by atoms with Crippen molar-refractivity contribution in [3.63, 3.8) is 0 Å². The summed E-state index contributed by atoms with van der Waals surface area (Å²) in [6, 6.07) is 0.528. The molecule has 1 rings (SSSR count). The van der Waals surface area contributed by atoms with Crippen molar-refractivity contribution in [2.45, 2.75) is 59.5 Å². The van der Waals surface area contributed by atoms with E-state index in [1.165, 1.54) is 0 Å². The van der Waals surface area contributed by atoms with E-state index in [1.54, 1.807) is 0 Å². The predicted molar refractivity (Wildman–Crippen MR) is 65.1 cm³/mol. The van der Waals surface area contributed by atoms with Crippen LogP contribution in [0.3, 0.4) is 0 Å². The lowest BCUT2D eigenvalue weighted by atomic mass is 9.84. The summed E-state index contributed by atoms with van der Waals surface area (Å²) in [5.74, 6) is 0. The van der Waals surface area contributed by atoms with Gasteiger partial charge in [-0.2, -0.15) is 0 Å². The highest BCUT2D eigenvalue weighted by Crippen LogP contribution is 2.31. The molecule has 0 saturated carbocycles. The average Bonchev–Trinajstić information content (AvgIpc) is 2.24. The van der Waals surface area contributed by atoms with Crippen LogP contribution in [0, 0.1) is 5.41 Å². The molecule has 1 heterocycles. The van der Waals surface area contributed by atoms with Crippen LogP contribution in [-0.2, 0) is 4.74 Å². The molecule has 0 aliphatic carbocycles. The Labute approximate surface area is 95.0 Å². The highest BCUT2D eigenvalue weighted by molar-refractivity contribution is 4.90. The van der Waals surface area contributed by atoms with Crippen molar-refractivity contribution in [1.29, 1.82) is 0 Å². The maximum Gasteiger partial charge on any atom is 0.0627 e. The van der Waals surface area contributed by atoms with Crippen LogP contribution in [0.1, 0.15) is 48.0 Å². The minimum absolute atomic E-state index is 0.242. The Morgan fingerprint density at radius 3 is 2.13 bits per heavy atom. The topological polar surface area (TPSA) is 12.5 Å². The van der Waals surface area contributed by atoms with Gasteiger partial charge in [-0.3, -0.25) is 4.90 Å². The normalized spacial score (nSPS) is 26.4. The van der Waals surface area contributed by atoms with Crippen molar-refractivity contribution in [2.24, 2.45) is 5.41 Å². The molecule has 0 aromatic carbocycles. The average molecular weight is 213 g/mol. The van der Waals surface area contributed by atoms with E-state index in [1.807, 2.05) is 0 Å². The van der Waals surface area contributed by atoms with E-state index in [0.717, 1.165) is 26.2 Å². The first kappa shape index (κ1) is 13.0. The summed E-state index contributed by atoms with van der Waals surface area (Å²) in [5, 5.41) is 0. The third-order valence-corrected chi connectivity index (χ3v) is 3.20. The van der Waals surface area contributed by atoms with Gasteiger partial charge in [-0.05, 0) is 32.6 Å². The van der Waals surface area contributed by atoms with Gasteiger partial charge in [0.25, 0.3) is 0 Å². The molecule has 0 radical (unpaired) electrons. The summed E-state index contributed by atoms with van der Waals surface area (Å²) in [4.78, 5) is 2.61. The van der Waals surface area contributed by atoms with E-state index < -0.39 is 0 Å². The lowest BCUT2D eigenvalue weighted by molar-refractivity contribution is -0.00355. The number of hydrogen-bond acceptors (Lipinski definition) is 2. The monoisotopic (exact) mass is 213 g/mol. The van der Waals surface area contributed by atoms with Gasteiger partial charge < -0.3 is 4.74 Å². The first-order valence-corrected chi connectivity index (χ1v) is 6.07. The van der Waals surface area contributed by atoms with Gasteiger partial charge in [-0.1, -0.05) is 20.8 Å². The molecule has 15 heavy (non-hydrogen) atoms. The molecule has 90 valence electrons. The molecule has 2 heteroatoms. The summed E-state index contributed by atoms with van der Waals surface area (Å²) < 4.78 is 5.72. The standard InChI is InChI=1S/C13H27NO/c1-12(2,3)11-10-15-9-7-8-14(11)13(4,5)6/h11H,7-10H2,1-6H3. The largest absolute Gasteiger partial charge is 0.380 e. The fraction of sp³-hybridized carbons (Fsp3) is 1.00. The zero-order valence-electron chi connectivity index (χ0n) is 11.3. The third-order valence-electron chi connectivity index (χ3n) is 3.20. The lowest BCUT2D eigenvalue weighted by Gasteiger charge is -2.46. The third kappa shape index (κ3) is 3.46. The molecule has 1 aliphatic heterocycles. The van der Waals surface area contributed by atoms with E-state index in [2.05, 4.69) is 46.4 Å². The minimum Gasteiger partial charge on any atom is -0.380 e. The zero-order chi connectivity index (χ0) is 11.7. The summed E-state index contributed by atoms with van der Waals surface area (Å²) in [5.41, 5.74) is 0.531. The molecule has 0 spiro atoms. The maximum atomic E-state index is 5.72. The van der Waals surface area contributed by atoms with Gasteiger partial charge in [0.1, 0.15) is 0 Å². The van der Waals surface area contributed by atoms with E-state index >= 15 is 0 Å². The quantitative estimate of drug-likeness (QED) is 0.613. The van der Waals surface area contributed by atoms with Gasteiger partial charge in [0.15, 0.2) is 0 Å². The number of rotatable bonds is 0. The zero-order valence-corrected chi connectivity index (χ0v) is 11.3. The molecular weight excluding hydrogens is 186 g/mol. The molecule has 1 fully saturated rings. The Kier molecular flexibility index (Phi) is 3.83. The highest BCUT2D eigenvalue weighted by atomic mass is 16.5. The molecule has 1 saturated heterocycles. The Bertz CT molecular complexity index is 178. The van der Waals surface area contributed by atoms with E-state index in [0.29, 0.717) is 6.04 Å². The molecule has 1 unspecified atom stereocenters. The fourth-order valence-electron chi connectivity index (χ4n) is 2.30. The van der Waals surface area contributed by atoms with Crippen LogP contribution in [0.15, 0.2) is 0 Å². The molecule has 0 aromatic heterocycles. The molecule has 0 bridgehead atoms. The van der Waals surface area contributed by atoms with Crippen molar-refractivity contribution in [3.8, 4) is 0 Å². The molecule has 1 aliphatic rings. The summed E-state index contributed by atoms with van der Waals surface area (Å²) in [7, 11) is 0. The Balaban J connectivity index is 2.86. The smallest absolute Gasteiger partial charge is 0.0627 e. The Morgan fingerprint density at radius 1 is 1.07 bits per heavy atom. The minimum atomic E-state index is 0.242. The molecule has 0 aromatic rings. The summed E-state index contributed by atoms with van der Waals surface area (Å²) in [6.07, 6.45) is 1.16.